The van der Waals surface area contributed by atoms with Crippen molar-refractivity contribution in [2.45, 2.75) is 10.9 Å². The van der Waals surface area contributed by atoms with Gasteiger partial charge in [-0.1, -0.05) is 12.1 Å². The fraction of sp³-hybridized carbons (Fsp3) is 0.308. The number of hydrogen-bond acceptors (Lipinski definition) is 5. The minimum Gasteiger partial charge on any atom is -0.383 e. The molecule has 2 N–H and O–H groups in total. The molecule has 3 nitrogen and oxygen atoms in total. The van der Waals surface area contributed by atoms with Crippen LogP contribution in [-0.2, 0) is 4.74 Å². The molecule has 0 aliphatic rings. The lowest BCUT2D eigenvalue weighted by Gasteiger charge is -2.06. The van der Waals surface area contributed by atoms with Crippen LogP contribution in [0.5, 0.6) is 0 Å². The molecule has 1 unspecified atom stereocenters. The summed E-state index contributed by atoms with van der Waals surface area (Å²) in [7, 11) is 1.65. The molecule has 5 heteroatoms. The molecule has 1 aromatic heterocycles. The highest BCUT2D eigenvalue weighted by molar-refractivity contribution is 7.98. The molecule has 2 aromatic rings. The summed E-state index contributed by atoms with van der Waals surface area (Å²) < 4.78 is 5.04. The van der Waals surface area contributed by atoms with Gasteiger partial charge in [0.15, 0.2) is 0 Å². The molecule has 0 saturated carbocycles. The first-order valence-corrected chi connectivity index (χ1v) is 7.69. The maximum absolute atomic E-state index is 5.96. The smallest absolute Gasteiger partial charge is 0.123 e. The highest BCUT2D eigenvalue weighted by Crippen LogP contribution is 2.27. The molecular formula is C13H16N2OS2. The van der Waals surface area contributed by atoms with E-state index in [2.05, 4.69) is 35.5 Å². The van der Waals surface area contributed by atoms with Crippen molar-refractivity contribution in [2.75, 3.05) is 20.0 Å². The second-order valence-corrected chi connectivity index (χ2v) is 5.61. The molecule has 96 valence electrons. The maximum Gasteiger partial charge on any atom is 0.123 e. The van der Waals surface area contributed by atoms with Crippen LogP contribution < -0.4 is 5.73 Å². The van der Waals surface area contributed by atoms with Gasteiger partial charge in [-0.15, -0.1) is 23.1 Å². The van der Waals surface area contributed by atoms with Crippen molar-refractivity contribution in [1.82, 2.24) is 4.98 Å². The molecule has 1 heterocycles. The molecule has 1 atom stereocenters. The van der Waals surface area contributed by atoms with Gasteiger partial charge in [-0.2, -0.15) is 0 Å². The number of rotatable bonds is 5. The summed E-state index contributed by atoms with van der Waals surface area (Å²) in [4.78, 5) is 5.82. The number of nitrogens with two attached hydrogens (primary N) is 1. The Morgan fingerprint density at radius 2 is 2.11 bits per heavy atom. The van der Waals surface area contributed by atoms with Crippen LogP contribution in [0, 0.1) is 0 Å². The van der Waals surface area contributed by atoms with E-state index in [0.29, 0.717) is 6.61 Å². The Labute approximate surface area is 115 Å². The molecule has 0 bridgehead atoms. The van der Waals surface area contributed by atoms with E-state index in [1.54, 1.807) is 30.2 Å². The fourth-order valence-corrected chi connectivity index (χ4v) is 2.89. The van der Waals surface area contributed by atoms with E-state index >= 15 is 0 Å². The molecule has 0 aliphatic heterocycles. The third-order valence-electron chi connectivity index (χ3n) is 2.59. The Morgan fingerprint density at radius 3 is 2.72 bits per heavy atom. The molecule has 0 radical (unpaired) electrons. The van der Waals surface area contributed by atoms with Crippen LogP contribution in [0.4, 0.5) is 0 Å². The lowest BCUT2D eigenvalue weighted by molar-refractivity contribution is 0.180. The second kappa shape index (κ2) is 6.33. The van der Waals surface area contributed by atoms with Crippen molar-refractivity contribution < 1.29 is 4.74 Å². The van der Waals surface area contributed by atoms with E-state index < -0.39 is 0 Å². The van der Waals surface area contributed by atoms with E-state index in [-0.39, 0.29) is 6.04 Å². The Balaban J connectivity index is 2.18. The summed E-state index contributed by atoms with van der Waals surface area (Å²) in [6.45, 7) is 0.495. The van der Waals surface area contributed by atoms with Crippen LogP contribution in [-0.4, -0.2) is 25.0 Å². The van der Waals surface area contributed by atoms with Crippen LogP contribution in [0.2, 0.25) is 0 Å². The lowest BCUT2D eigenvalue weighted by Crippen LogP contribution is -2.16. The number of hydrogen-bond donors (Lipinski definition) is 1. The zero-order chi connectivity index (χ0) is 13.0. The van der Waals surface area contributed by atoms with Gasteiger partial charge in [0.25, 0.3) is 0 Å². The SMILES string of the molecule is COCC(N)c1csc(-c2ccc(SC)cc2)n1. The third-order valence-corrected chi connectivity index (χ3v) is 4.24. The molecule has 0 aliphatic carbocycles. The number of thiazole rings is 1. The summed E-state index contributed by atoms with van der Waals surface area (Å²) in [5.74, 6) is 0. The molecule has 2 rings (SSSR count). The predicted molar refractivity (Wildman–Crippen MR) is 78.1 cm³/mol. The minimum absolute atomic E-state index is 0.148. The van der Waals surface area contributed by atoms with Crippen molar-refractivity contribution in [1.29, 1.82) is 0 Å². The van der Waals surface area contributed by atoms with Crippen LogP contribution in [0.25, 0.3) is 10.6 Å². The van der Waals surface area contributed by atoms with Crippen molar-refractivity contribution in [3.05, 3.63) is 35.3 Å². The standard InChI is InChI=1S/C13H16N2OS2/c1-16-7-11(14)12-8-18-13(15-12)9-3-5-10(17-2)6-4-9/h3-6,8,11H,7,14H2,1-2H3. The van der Waals surface area contributed by atoms with Crippen molar-refractivity contribution in [3.63, 3.8) is 0 Å². The first kappa shape index (κ1) is 13.5. The average Bonchev–Trinajstić information content (AvgIpc) is 2.89. The number of nitrogens with zero attached hydrogens (tertiary/aromatic N) is 1. The van der Waals surface area contributed by atoms with E-state index in [1.807, 2.05) is 5.38 Å². The van der Waals surface area contributed by atoms with Crippen molar-refractivity contribution >= 4 is 23.1 Å². The Kier molecular flexibility index (Phi) is 4.77. The third kappa shape index (κ3) is 3.11. The molecule has 1 aromatic carbocycles. The van der Waals surface area contributed by atoms with Crippen LogP contribution in [0.15, 0.2) is 34.5 Å². The summed E-state index contributed by atoms with van der Waals surface area (Å²) in [6, 6.07) is 8.25. The highest BCUT2D eigenvalue weighted by Gasteiger charge is 2.11. The van der Waals surface area contributed by atoms with Crippen molar-refractivity contribution in [3.8, 4) is 10.6 Å². The molecule has 0 amide bonds. The quantitative estimate of drug-likeness (QED) is 0.855. The second-order valence-electron chi connectivity index (χ2n) is 3.87. The zero-order valence-corrected chi connectivity index (χ0v) is 12.1. The van der Waals surface area contributed by atoms with Gasteiger partial charge in [0.2, 0.25) is 0 Å². The van der Waals surface area contributed by atoms with Crippen LogP contribution in [0.3, 0.4) is 0 Å². The molecule has 0 fully saturated rings. The van der Waals surface area contributed by atoms with Gasteiger partial charge in [0, 0.05) is 22.9 Å². The number of aromatic nitrogens is 1. The highest BCUT2D eigenvalue weighted by atomic mass is 32.2. The van der Waals surface area contributed by atoms with E-state index in [0.717, 1.165) is 16.3 Å². The number of thioether (sulfide) groups is 1. The van der Waals surface area contributed by atoms with Gasteiger partial charge in [0.05, 0.1) is 18.3 Å². The van der Waals surface area contributed by atoms with Gasteiger partial charge in [-0.05, 0) is 18.4 Å². The zero-order valence-electron chi connectivity index (χ0n) is 10.4. The Hall–Kier alpha value is -0.880. The summed E-state index contributed by atoms with van der Waals surface area (Å²) in [6.07, 6.45) is 2.07. The van der Waals surface area contributed by atoms with Gasteiger partial charge in [-0.3, -0.25) is 0 Å². The normalized spacial score (nSPS) is 12.6. The van der Waals surface area contributed by atoms with Gasteiger partial charge in [-0.25, -0.2) is 4.98 Å². The molecule has 18 heavy (non-hydrogen) atoms. The summed E-state index contributed by atoms with van der Waals surface area (Å²) in [5, 5.41) is 3.01. The average molecular weight is 280 g/mol. The predicted octanol–water partition coefficient (Wildman–Crippen LogP) is 3.18. The summed E-state index contributed by atoms with van der Waals surface area (Å²) >= 11 is 3.35. The molecule has 0 saturated heterocycles. The molecule has 0 spiro atoms. The van der Waals surface area contributed by atoms with Gasteiger partial charge < -0.3 is 10.5 Å². The maximum atomic E-state index is 5.96. The fourth-order valence-electron chi connectivity index (χ4n) is 1.59. The minimum atomic E-state index is -0.148. The Bertz CT molecular complexity index is 496. The summed E-state index contributed by atoms with van der Waals surface area (Å²) in [5.41, 5.74) is 7.99. The van der Waals surface area contributed by atoms with E-state index in [1.165, 1.54) is 4.90 Å². The number of methoxy groups -OCH3 is 1. The van der Waals surface area contributed by atoms with E-state index in [4.69, 9.17) is 10.5 Å². The number of ether oxygens (including phenoxy) is 1. The van der Waals surface area contributed by atoms with Crippen LogP contribution in [0.1, 0.15) is 11.7 Å². The van der Waals surface area contributed by atoms with Crippen LogP contribution >= 0.6 is 23.1 Å². The van der Waals surface area contributed by atoms with Crippen molar-refractivity contribution in [2.24, 2.45) is 5.73 Å². The number of benzene rings is 1. The van der Waals surface area contributed by atoms with E-state index in [9.17, 15) is 0 Å². The first-order chi connectivity index (χ1) is 8.74. The monoisotopic (exact) mass is 280 g/mol. The van der Waals surface area contributed by atoms with Gasteiger partial charge in [0.1, 0.15) is 5.01 Å². The first-order valence-electron chi connectivity index (χ1n) is 5.59. The van der Waals surface area contributed by atoms with Gasteiger partial charge >= 0.3 is 0 Å². The topological polar surface area (TPSA) is 48.1 Å². The molecular weight excluding hydrogens is 264 g/mol. The Morgan fingerprint density at radius 1 is 1.39 bits per heavy atom. The lowest BCUT2D eigenvalue weighted by atomic mass is 10.2. The largest absolute Gasteiger partial charge is 0.383 e.